The minimum atomic E-state index is -1.63. The van der Waals surface area contributed by atoms with Crippen molar-refractivity contribution in [1.82, 2.24) is 9.88 Å². The number of carboxylic acid groups (broad SMARTS) is 1. The molecule has 204 valence electrons. The number of hydrogen-bond acceptors (Lipinski definition) is 5. The number of nitrogens with zero attached hydrogens (tertiary/aromatic N) is 2. The van der Waals surface area contributed by atoms with Crippen LogP contribution in [0.1, 0.15) is 43.8 Å². The van der Waals surface area contributed by atoms with Crippen LogP contribution in [0.15, 0.2) is 42.6 Å². The van der Waals surface area contributed by atoms with E-state index in [2.05, 4.69) is 15.2 Å². The molecule has 0 aliphatic carbocycles. The van der Waals surface area contributed by atoms with Gasteiger partial charge in [-0.05, 0) is 74.5 Å². The number of rotatable bonds is 11. The number of likely N-dealkylation sites (tertiary alicyclic amines) is 1. The Balaban J connectivity index is 1.38. The number of fused-ring (bicyclic) bond motifs is 1. The van der Waals surface area contributed by atoms with E-state index in [1.165, 1.54) is 19.2 Å². The van der Waals surface area contributed by atoms with Gasteiger partial charge in [-0.15, -0.1) is 0 Å². The number of hydrogen-bond donors (Lipinski definition) is 2. The molecule has 4 rings (SSSR count). The first-order chi connectivity index (χ1) is 18.2. The Hall–Kier alpha value is -3.40. The molecule has 38 heavy (non-hydrogen) atoms. The van der Waals surface area contributed by atoms with Gasteiger partial charge in [0.25, 0.3) is 0 Å². The molecule has 3 aromatic rings. The summed E-state index contributed by atoms with van der Waals surface area (Å²) in [5.74, 6) is -2.55. The maximum Gasteiger partial charge on any atom is 0.303 e. The predicted molar refractivity (Wildman–Crippen MR) is 137 cm³/mol. The zero-order valence-electron chi connectivity index (χ0n) is 21.2. The molecular formula is C28H31F4N3O3. The van der Waals surface area contributed by atoms with Crippen LogP contribution < -0.4 is 10.1 Å². The molecule has 2 N–H and O–H groups in total. The summed E-state index contributed by atoms with van der Waals surface area (Å²) in [6.45, 7) is 2.27. The fourth-order valence-corrected chi connectivity index (χ4v) is 5.29. The van der Waals surface area contributed by atoms with Gasteiger partial charge in [0.05, 0.1) is 25.2 Å². The van der Waals surface area contributed by atoms with Crippen molar-refractivity contribution in [2.45, 2.75) is 38.3 Å². The van der Waals surface area contributed by atoms with Crippen LogP contribution in [0.4, 0.5) is 23.2 Å². The van der Waals surface area contributed by atoms with Gasteiger partial charge in [0.1, 0.15) is 29.4 Å². The first-order valence-electron chi connectivity index (χ1n) is 12.6. The molecule has 1 aromatic heterocycles. The lowest BCUT2D eigenvalue weighted by Gasteiger charge is -2.41. The maximum absolute atomic E-state index is 15.6. The number of aliphatic carboxylic acids is 1. The molecule has 0 saturated carbocycles. The minimum Gasteiger partial charge on any atom is -0.497 e. The zero-order valence-corrected chi connectivity index (χ0v) is 21.2. The second-order valence-electron chi connectivity index (χ2n) is 9.91. The Morgan fingerprint density at radius 1 is 1.16 bits per heavy atom. The van der Waals surface area contributed by atoms with E-state index in [-0.39, 0.29) is 18.4 Å². The highest BCUT2D eigenvalue weighted by atomic mass is 19.1. The molecule has 10 heteroatoms. The summed E-state index contributed by atoms with van der Waals surface area (Å²) in [4.78, 5) is 17.9. The quantitative estimate of drug-likeness (QED) is 0.289. The Morgan fingerprint density at radius 3 is 2.53 bits per heavy atom. The average molecular weight is 534 g/mol. The molecule has 1 saturated heterocycles. The third-order valence-corrected chi connectivity index (χ3v) is 7.37. The van der Waals surface area contributed by atoms with E-state index in [0.29, 0.717) is 67.8 Å². The second-order valence-corrected chi connectivity index (χ2v) is 9.91. The van der Waals surface area contributed by atoms with Crippen molar-refractivity contribution in [3.8, 4) is 5.75 Å². The van der Waals surface area contributed by atoms with E-state index in [1.807, 2.05) is 0 Å². The van der Waals surface area contributed by atoms with E-state index in [9.17, 15) is 23.1 Å². The molecule has 2 heterocycles. The first kappa shape index (κ1) is 27.6. The lowest BCUT2D eigenvalue weighted by Crippen LogP contribution is -2.43. The lowest BCUT2D eigenvalue weighted by atomic mass is 9.71. The third-order valence-electron chi connectivity index (χ3n) is 7.37. The van der Waals surface area contributed by atoms with E-state index < -0.39 is 35.0 Å². The van der Waals surface area contributed by atoms with Gasteiger partial charge in [-0.1, -0.05) is 0 Å². The summed E-state index contributed by atoms with van der Waals surface area (Å²) in [5, 5.41) is 12.9. The number of anilines is 1. The summed E-state index contributed by atoms with van der Waals surface area (Å²) >= 11 is 0. The Labute approximate surface area is 218 Å². The van der Waals surface area contributed by atoms with Crippen LogP contribution in [-0.2, 0) is 4.79 Å². The average Bonchev–Trinajstić information content (AvgIpc) is 2.87. The summed E-state index contributed by atoms with van der Waals surface area (Å²) in [7, 11) is 1.47. The van der Waals surface area contributed by atoms with Gasteiger partial charge in [-0.25, -0.2) is 17.6 Å². The van der Waals surface area contributed by atoms with Crippen molar-refractivity contribution in [3.63, 3.8) is 0 Å². The number of carbonyl (C=O) groups is 1. The van der Waals surface area contributed by atoms with Crippen LogP contribution in [0.3, 0.4) is 0 Å². The minimum absolute atomic E-state index is 0.0206. The van der Waals surface area contributed by atoms with Crippen LogP contribution in [0, 0.1) is 22.9 Å². The standard InChI is InChI=1S/C28H31F4N3O3/c1-38-21-2-3-25-22(15-21)27(24(32)17-34-25)23(31)4-5-28(16-26(36)37)6-9-35(10-7-28)11-8-33-20-13-18(29)12-19(30)14-20/h2-3,12-15,17,23,33H,4-11,16H2,1H3,(H,36,37)/t23-/m0/s1. The van der Waals surface area contributed by atoms with E-state index in [0.717, 1.165) is 12.3 Å². The highest BCUT2D eigenvalue weighted by molar-refractivity contribution is 5.84. The number of methoxy groups -OCH3 is 1. The second kappa shape index (κ2) is 12.0. The molecule has 2 aromatic carbocycles. The van der Waals surface area contributed by atoms with Gasteiger partial charge < -0.3 is 20.1 Å². The molecule has 1 aliphatic rings. The van der Waals surface area contributed by atoms with Crippen molar-refractivity contribution in [2.75, 3.05) is 38.6 Å². The van der Waals surface area contributed by atoms with Crippen molar-refractivity contribution in [3.05, 3.63) is 65.6 Å². The van der Waals surface area contributed by atoms with Crippen LogP contribution in [0.5, 0.6) is 5.75 Å². The molecule has 1 aliphatic heterocycles. The Kier molecular flexibility index (Phi) is 8.71. The number of aromatic nitrogens is 1. The zero-order chi connectivity index (χ0) is 27.3. The number of halogens is 4. The predicted octanol–water partition coefficient (Wildman–Crippen LogP) is 6.12. The van der Waals surface area contributed by atoms with Gasteiger partial charge in [0.15, 0.2) is 0 Å². The van der Waals surface area contributed by atoms with Crippen molar-refractivity contribution < 1.29 is 32.2 Å². The van der Waals surface area contributed by atoms with Gasteiger partial charge in [-0.3, -0.25) is 9.78 Å². The lowest BCUT2D eigenvalue weighted by molar-refractivity contribution is -0.141. The summed E-state index contributed by atoms with van der Waals surface area (Å²) in [6.07, 6.45) is 0.653. The number of piperidine rings is 1. The molecule has 0 bridgehead atoms. The summed E-state index contributed by atoms with van der Waals surface area (Å²) in [6, 6.07) is 8.12. The summed E-state index contributed by atoms with van der Waals surface area (Å²) < 4.78 is 62.2. The molecule has 6 nitrogen and oxygen atoms in total. The molecule has 0 radical (unpaired) electrons. The topological polar surface area (TPSA) is 74.7 Å². The molecule has 1 fully saturated rings. The van der Waals surface area contributed by atoms with Crippen LogP contribution in [-0.4, -0.2) is 54.2 Å². The van der Waals surface area contributed by atoms with Crippen molar-refractivity contribution in [1.29, 1.82) is 0 Å². The number of nitrogens with one attached hydrogen (secondary N) is 1. The first-order valence-corrected chi connectivity index (χ1v) is 12.6. The number of benzene rings is 2. The largest absolute Gasteiger partial charge is 0.497 e. The van der Waals surface area contributed by atoms with Gasteiger partial charge in [-0.2, -0.15) is 0 Å². The normalized spacial score (nSPS) is 16.3. The van der Waals surface area contributed by atoms with Gasteiger partial charge in [0, 0.05) is 35.8 Å². The summed E-state index contributed by atoms with van der Waals surface area (Å²) in [5.41, 5.74) is 0.106. The number of pyridine rings is 1. The van der Waals surface area contributed by atoms with Crippen molar-refractivity contribution in [2.24, 2.45) is 5.41 Å². The van der Waals surface area contributed by atoms with Crippen LogP contribution in [0.2, 0.25) is 0 Å². The number of carboxylic acids is 1. The molecule has 0 spiro atoms. The van der Waals surface area contributed by atoms with Crippen LogP contribution in [0.25, 0.3) is 10.9 Å². The third kappa shape index (κ3) is 6.72. The fraction of sp³-hybridized carbons (Fsp3) is 0.429. The van der Waals surface area contributed by atoms with Crippen LogP contribution >= 0.6 is 0 Å². The van der Waals surface area contributed by atoms with Gasteiger partial charge in [0.2, 0.25) is 0 Å². The molecular weight excluding hydrogens is 502 g/mol. The van der Waals surface area contributed by atoms with E-state index >= 15 is 4.39 Å². The fourth-order valence-electron chi connectivity index (χ4n) is 5.29. The number of ether oxygens (including phenoxy) is 1. The Morgan fingerprint density at radius 2 is 1.87 bits per heavy atom. The SMILES string of the molecule is COc1ccc2ncc(F)c([C@@H](F)CCC3(CC(=O)O)CCN(CCNc4cc(F)cc(F)c4)CC3)c2c1. The van der Waals surface area contributed by atoms with E-state index in [1.54, 1.807) is 18.2 Å². The molecule has 1 atom stereocenters. The van der Waals surface area contributed by atoms with Gasteiger partial charge >= 0.3 is 5.97 Å². The smallest absolute Gasteiger partial charge is 0.303 e. The monoisotopic (exact) mass is 533 g/mol. The van der Waals surface area contributed by atoms with E-state index in [4.69, 9.17) is 4.74 Å². The maximum atomic E-state index is 15.6. The van der Waals surface area contributed by atoms with Crippen molar-refractivity contribution >= 4 is 22.6 Å². The molecule has 0 amide bonds. The number of alkyl halides is 1. The highest BCUT2D eigenvalue weighted by Crippen LogP contribution is 2.43. The highest BCUT2D eigenvalue weighted by Gasteiger charge is 2.37. The molecule has 0 unspecified atom stereocenters. The Bertz CT molecular complexity index is 1260.